The summed E-state index contributed by atoms with van der Waals surface area (Å²) < 4.78 is 11.3. The van der Waals surface area contributed by atoms with Crippen molar-refractivity contribution in [2.24, 2.45) is 50.7 Å². The average molecular weight is 510 g/mol. The standard InChI is InChI=1S/C32H47NO4/c1-27(2)11-13-32(26(35)36-8)14-12-31(7)24(20(32)17-27)21(34)15-23-29(5)16-19-18-33-37-25(19)28(3,4)22(29)9-10-30(23,31)6/h18,20,22-24H,9-17H2,1-8H3/t20-,22+,23-,24?,29+,30-,31-,32+/m1/s1. The Balaban J connectivity index is 1.46. The van der Waals surface area contributed by atoms with Gasteiger partial charge in [-0.05, 0) is 90.8 Å². The second-order valence-corrected chi connectivity index (χ2v) is 15.8. The summed E-state index contributed by atoms with van der Waals surface area (Å²) in [5.41, 5.74) is 0.720. The van der Waals surface area contributed by atoms with E-state index in [4.69, 9.17) is 9.26 Å². The van der Waals surface area contributed by atoms with Gasteiger partial charge in [-0.15, -0.1) is 0 Å². The van der Waals surface area contributed by atoms with E-state index in [0.717, 1.165) is 57.1 Å². The SMILES string of the molecule is COC(=O)[C@]12CCC(C)(C)C[C@@H]1C1C(=O)C[C@@H]3[C@@]4(C)Cc5cnoc5C(C)(C)[C@@H]4CC[C@@]3(C)[C@]1(C)CC2. The summed E-state index contributed by atoms with van der Waals surface area (Å²) in [4.78, 5) is 28.0. The van der Waals surface area contributed by atoms with E-state index in [-0.39, 0.29) is 44.9 Å². The molecule has 0 radical (unpaired) electrons. The number of rotatable bonds is 1. The number of aromatic nitrogens is 1. The summed E-state index contributed by atoms with van der Waals surface area (Å²) in [6.45, 7) is 16.7. The maximum atomic E-state index is 14.5. The molecule has 0 spiro atoms. The van der Waals surface area contributed by atoms with Crippen LogP contribution in [0.2, 0.25) is 0 Å². The molecule has 5 nitrogen and oxygen atoms in total. The molecule has 1 aromatic heterocycles. The van der Waals surface area contributed by atoms with E-state index < -0.39 is 5.41 Å². The number of carbonyl (C=O) groups is 2. The number of hydrogen-bond donors (Lipinski definition) is 0. The molecule has 1 aromatic rings. The third-order valence-electron chi connectivity index (χ3n) is 13.5. The third-order valence-corrected chi connectivity index (χ3v) is 13.5. The number of nitrogens with zero attached hydrogens (tertiary/aromatic N) is 1. The van der Waals surface area contributed by atoms with Crippen LogP contribution in [-0.4, -0.2) is 24.0 Å². The van der Waals surface area contributed by atoms with Crippen molar-refractivity contribution in [2.75, 3.05) is 7.11 Å². The Labute approximate surface area is 222 Å². The zero-order valence-electron chi connectivity index (χ0n) is 24.3. The van der Waals surface area contributed by atoms with Crippen molar-refractivity contribution in [3.8, 4) is 0 Å². The zero-order valence-corrected chi connectivity index (χ0v) is 24.3. The molecular weight excluding hydrogens is 462 g/mol. The molecule has 5 aliphatic carbocycles. The minimum absolute atomic E-state index is 0.0153. The van der Waals surface area contributed by atoms with Gasteiger partial charge in [0.25, 0.3) is 0 Å². The number of esters is 1. The van der Waals surface area contributed by atoms with Gasteiger partial charge in [-0.25, -0.2) is 0 Å². The topological polar surface area (TPSA) is 69.4 Å². The van der Waals surface area contributed by atoms with E-state index >= 15 is 0 Å². The normalized spacial score (nSPS) is 47.5. The lowest BCUT2D eigenvalue weighted by atomic mass is 9.31. The van der Waals surface area contributed by atoms with Gasteiger partial charge in [0.05, 0.1) is 18.7 Å². The lowest BCUT2D eigenvalue weighted by molar-refractivity contribution is -0.231. The molecule has 4 fully saturated rings. The molecule has 4 saturated carbocycles. The molecule has 8 atom stereocenters. The second kappa shape index (κ2) is 7.50. The molecule has 1 unspecified atom stereocenters. The number of methoxy groups -OCH3 is 1. The number of hydrogen-bond acceptors (Lipinski definition) is 5. The summed E-state index contributed by atoms with van der Waals surface area (Å²) in [5, 5.41) is 4.21. The van der Waals surface area contributed by atoms with E-state index in [0.29, 0.717) is 24.0 Å². The molecule has 5 aliphatic rings. The maximum absolute atomic E-state index is 14.5. The van der Waals surface area contributed by atoms with Gasteiger partial charge in [0.1, 0.15) is 11.5 Å². The molecular formula is C32H47NO4. The van der Waals surface area contributed by atoms with Gasteiger partial charge in [-0.2, -0.15) is 0 Å². The van der Waals surface area contributed by atoms with Gasteiger partial charge < -0.3 is 9.26 Å². The van der Waals surface area contributed by atoms with Gasteiger partial charge >= 0.3 is 5.97 Å². The van der Waals surface area contributed by atoms with Crippen LogP contribution in [0.4, 0.5) is 0 Å². The molecule has 0 amide bonds. The number of Topliss-reactive ketones (excluding diaryl/α,β-unsaturated/α-hetero) is 1. The second-order valence-electron chi connectivity index (χ2n) is 15.8. The van der Waals surface area contributed by atoms with Crippen molar-refractivity contribution >= 4 is 11.8 Å². The molecule has 6 rings (SSSR count). The Bertz CT molecular complexity index is 1150. The van der Waals surface area contributed by atoms with E-state index in [1.165, 1.54) is 12.7 Å². The molecule has 0 N–H and O–H groups in total. The fourth-order valence-electron chi connectivity index (χ4n) is 11.6. The molecule has 0 aromatic carbocycles. The first kappa shape index (κ1) is 25.6. The van der Waals surface area contributed by atoms with Crippen LogP contribution >= 0.6 is 0 Å². The van der Waals surface area contributed by atoms with Crippen LogP contribution in [0.25, 0.3) is 0 Å². The van der Waals surface area contributed by atoms with Gasteiger partial charge in [0, 0.05) is 23.3 Å². The lowest BCUT2D eigenvalue weighted by Gasteiger charge is -2.72. The Kier molecular flexibility index (Phi) is 5.20. The highest BCUT2D eigenvalue weighted by Crippen LogP contribution is 2.76. The van der Waals surface area contributed by atoms with E-state index in [9.17, 15) is 9.59 Å². The lowest BCUT2D eigenvalue weighted by Crippen LogP contribution is -2.69. The molecule has 204 valence electrons. The number of carbonyl (C=O) groups excluding carboxylic acids is 2. The predicted octanol–water partition coefficient (Wildman–Crippen LogP) is 6.92. The summed E-state index contributed by atoms with van der Waals surface area (Å²) in [7, 11) is 1.54. The van der Waals surface area contributed by atoms with Crippen molar-refractivity contribution in [2.45, 2.75) is 112 Å². The molecule has 0 bridgehead atoms. The number of ketones is 1. The van der Waals surface area contributed by atoms with Crippen molar-refractivity contribution in [3.63, 3.8) is 0 Å². The smallest absolute Gasteiger partial charge is 0.312 e. The minimum Gasteiger partial charge on any atom is -0.469 e. The van der Waals surface area contributed by atoms with Crippen LogP contribution in [0.1, 0.15) is 111 Å². The molecule has 1 heterocycles. The Morgan fingerprint density at radius 1 is 0.973 bits per heavy atom. The van der Waals surface area contributed by atoms with Crippen LogP contribution in [0, 0.1) is 50.7 Å². The summed E-state index contributed by atoms with van der Waals surface area (Å²) in [6, 6.07) is 0. The van der Waals surface area contributed by atoms with Crippen LogP contribution < -0.4 is 0 Å². The fraction of sp³-hybridized carbons (Fsp3) is 0.844. The minimum atomic E-state index is -0.501. The third kappa shape index (κ3) is 3.01. The van der Waals surface area contributed by atoms with Crippen molar-refractivity contribution in [1.82, 2.24) is 5.16 Å². The van der Waals surface area contributed by atoms with Gasteiger partial charge in [0.15, 0.2) is 0 Å². The highest BCUT2D eigenvalue weighted by atomic mass is 16.5. The van der Waals surface area contributed by atoms with E-state index in [1.54, 1.807) is 0 Å². The number of ether oxygens (including phenoxy) is 1. The van der Waals surface area contributed by atoms with Crippen molar-refractivity contribution in [1.29, 1.82) is 0 Å². The number of fused-ring (bicyclic) bond motifs is 8. The summed E-state index contributed by atoms with van der Waals surface area (Å²) in [5.74, 6) is 2.18. The maximum Gasteiger partial charge on any atom is 0.312 e. The monoisotopic (exact) mass is 509 g/mol. The van der Waals surface area contributed by atoms with Crippen LogP contribution in [0.3, 0.4) is 0 Å². The van der Waals surface area contributed by atoms with Gasteiger partial charge in [0.2, 0.25) is 0 Å². The summed E-state index contributed by atoms with van der Waals surface area (Å²) >= 11 is 0. The highest BCUT2D eigenvalue weighted by molar-refractivity contribution is 5.86. The first-order valence-electron chi connectivity index (χ1n) is 14.7. The Morgan fingerprint density at radius 2 is 1.68 bits per heavy atom. The Morgan fingerprint density at radius 3 is 2.38 bits per heavy atom. The van der Waals surface area contributed by atoms with Crippen LogP contribution in [0.15, 0.2) is 10.7 Å². The van der Waals surface area contributed by atoms with E-state index in [1.807, 2.05) is 6.20 Å². The van der Waals surface area contributed by atoms with Gasteiger partial charge in [-0.1, -0.05) is 53.6 Å². The first-order chi connectivity index (χ1) is 17.2. The molecule has 0 aliphatic heterocycles. The zero-order chi connectivity index (χ0) is 26.8. The quantitative estimate of drug-likeness (QED) is 0.384. The highest BCUT2D eigenvalue weighted by Gasteiger charge is 2.73. The predicted molar refractivity (Wildman–Crippen MR) is 142 cm³/mol. The van der Waals surface area contributed by atoms with Crippen LogP contribution in [0.5, 0.6) is 0 Å². The largest absolute Gasteiger partial charge is 0.469 e. The summed E-state index contributed by atoms with van der Waals surface area (Å²) in [6.07, 6.45) is 10.4. The van der Waals surface area contributed by atoms with E-state index in [2.05, 4.69) is 53.6 Å². The van der Waals surface area contributed by atoms with Gasteiger partial charge in [-0.3, -0.25) is 9.59 Å². The van der Waals surface area contributed by atoms with Crippen molar-refractivity contribution in [3.05, 3.63) is 17.5 Å². The fourth-order valence-corrected chi connectivity index (χ4v) is 11.6. The van der Waals surface area contributed by atoms with Crippen LogP contribution in [-0.2, 0) is 26.2 Å². The average Bonchev–Trinajstić information content (AvgIpc) is 3.28. The van der Waals surface area contributed by atoms with Crippen molar-refractivity contribution < 1.29 is 18.8 Å². The molecule has 0 saturated heterocycles. The Hall–Kier alpha value is -1.65. The first-order valence-corrected chi connectivity index (χ1v) is 14.7. The molecule has 37 heavy (non-hydrogen) atoms. The molecule has 5 heteroatoms.